The molecule has 4 aromatic rings. The van der Waals surface area contributed by atoms with Crippen LogP contribution in [0.5, 0.6) is 11.5 Å². The molecule has 0 fully saturated rings. The van der Waals surface area contributed by atoms with Gasteiger partial charge in [0, 0.05) is 0 Å². The van der Waals surface area contributed by atoms with Crippen molar-refractivity contribution in [2.24, 2.45) is 0 Å². The summed E-state index contributed by atoms with van der Waals surface area (Å²) in [5, 5.41) is 0. The van der Waals surface area contributed by atoms with Gasteiger partial charge in [0.25, 0.3) is 0 Å². The quantitative estimate of drug-likeness (QED) is 0.0719. The fourth-order valence-corrected chi connectivity index (χ4v) is 5.00. The van der Waals surface area contributed by atoms with E-state index >= 15 is 0 Å². The Hall–Kier alpha value is -5.18. The standard InChI is InChI=1S/C42H46O8/c1-5-37(47-29-31-21-25-35(45-3)26-22-31)41(43)49-39(33-15-9-7-10-16-33)19-13-14-20-40(34-17-11-8-12-18-34)50-42(44)38(6-2)48-30-32-23-27-36(46-4)28-24-32/h7-28,37-40H,5-6,29-30H2,1-4H3/b19-13+,20-14+. The lowest BCUT2D eigenvalue weighted by molar-refractivity contribution is -0.162. The summed E-state index contributed by atoms with van der Waals surface area (Å²) >= 11 is 0. The maximum Gasteiger partial charge on any atom is 0.336 e. The molecule has 0 amide bonds. The van der Waals surface area contributed by atoms with Crippen LogP contribution in [0.1, 0.15) is 61.2 Å². The third kappa shape index (κ3) is 11.8. The normalized spacial score (nSPS) is 13.8. The number of allylic oxidation sites excluding steroid dienone is 2. The van der Waals surface area contributed by atoms with Gasteiger partial charge in [-0.25, -0.2) is 9.59 Å². The molecule has 50 heavy (non-hydrogen) atoms. The van der Waals surface area contributed by atoms with E-state index in [9.17, 15) is 9.59 Å². The molecule has 262 valence electrons. The fraction of sp³-hybridized carbons (Fsp3) is 0.286. The zero-order valence-electron chi connectivity index (χ0n) is 29.1. The van der Waals surface area contributed by atoms with Crippen molar-refractivity contribution >= 4 is 11.9 Å². The minimum absolute atomic E-state index is 0.261. The molecule has 4 atom stereocenters. The molecule has 8 heteroatoms. The summed E-state index contributed by atoms with van der Waals surface area (Å²) in [5.74, 6) is 0.583. The van der Waals surface area contributed by atoms with Crippen molar-refractivity contribution < 1.29 is 38.0 Å². The third-order valence-corrected chi connectivity index (χ3v) is 7.91. The molecule has 0 saturated heterocycles. The predicted molar refractivity (Wildman–Crippen MR) is 193 cm³/mol. The maximum absolute atomic E-state index is 13.3. The molecule has 0 aromatic heterocycles. The van der Waals surface area contributed by atoms with E-state index in [0.717, 1.165) is 33.8 Å². The van der Waals surface area contributed by atoms with Gasteiger partial charge < -0.3 is 28.4 Å². The Morgan fingerprint density at radius 1 is 0.540 bits per heavy atom. The summed E-state index contributed by atoms with van der Waals surface area (Å²) in [6.07, 6.45) is 5.23. The summed E-state index contributed by atoms with van der Waals surface area (Å²) in [6.45, 7) is 4.29. The van der Waals surface area contributed by atoms with Crippen LogP contribution in [0.25, 0.3) is 0 Å². The Morgan fingerprint density at radius 3 is 1.22 bits per heavy atom. The van der Waals surface area contributed by atoms with Crippen LogP contribution in [-0.2, 0) is 41.8 Å². The van der Waals surface area contributed by atoms with Crippen LogP contribution >= 0.6 is 0 Å². The SMILES string of the molecule is CCC(OCc1ccc(OC)cc1)C(=O)OC(/C=C/C=C/C(OC(=O)C(CC)OCc1ccc(OC)cc1)c1ccccc1)c1ccccc1. The number of hydrogen-bond donors (Lipinski definition) is 0. The molecule has 0 N–H and O–H groups in total. The van der Waals surface area contributed by atoms with Gasteiger partial charge in [0.1, 0.15) is 23.7 Å². The Bertz CT molecular complexity index is 1510. The smallest absolute Gasteiger partial charge is 0.336 e. The summed E-state index contributed by atoms with van der Waals surface area (Å²) in [5.41, 5.74) is 3.46. The first-order valence-electron chi connectivity index (χ1n) is 16.8. The fourth-order valence-electron chi connectivity index (χ4n) is 5.00. The van der Waals surface area contributed by atoms with Gasteiger partial charge in [0.05, 0.1) is 27.4 Å². The summed E-state index contributed by atoms with van der Waals surface area (Å²) < 4.78 is 34.3. The number of benzene rings is 4. The number of esters is 2. The largest absolute Gasteiger partial charge is 0.497 e. The van der Waals surface area contributed by atoms with E-state index < -0.39 is 36.4 Å². The molecular weight excluding hydrogens is 632 g/mol. The van der Waals surface area contributed by atoms with Crippen molar-refractivity contribution in [3.8, 4) is 11.5 Å². The molecule has 8 nitrogen and oxygen atoms in total. The minimum atomic E-state index is -0.743. The number of ether oxygens (including phenoxy) is 6. The second kappa shape index (κ2) is 20.4. The Morgan fingerprint density at radius 2 is 0.900 bits per heavy atom. The first kappa shape index (κ1) is 37.6. The monoisotopic (exact) mass is 678 g/mol. The van der Waals surface area contributed by atoms with Crippen molar-refractivity contribution in [3.05, 3.63) is 156 Å². The van der Waals surface area contributed by atoms with Gasteiger partial charge >= 0.3 is 11.9 Å². The lowest BCUT2D eigenvalue weighted by atomic mass is 10.1. The average Bonchev–Trinajstić information content (AvgIpc) is 3.17. The van der Waals surface area contributed by atoms with Crippen molar-refractivity contribution in [1.82, 2.24) is 0 Å². The number of rotatable bonds is 19. The van der Waals surface area contributed by atoms with Crippen LogP contribution in [0.3, 0.4) is 0 Å². The van der Waals surface area contributed by atoms with Gasteiger partial charge in [-0.05, 0) is 71.5 Å². The summed E-state index contributed by atoms with van der Waals surface area (Å²) in [4.78, 5) is 26.6. The van der Waals surface area contributed by atoms with Crippen LogP contribution in [0.4, 0.5) is 0 Å². The Balaban J connectivity index is 1.43. The van der Waals surface area contributed by atoms with Gasteiger partial charge in [-0.3, -0.25) is 0 Å². The number of carbonyl (C=O) groups excluding carboxylic acids is 2. The van der Waals surface area contributed by atoms with Crippen LogP contribution in [0.2, 0.25) is 0 Å². The topological polar surface area (TPSA) is 89.5 Å². The number of hydrogen-bond acceptors (Lipinski definition) is 8. The second-order valence-corrected chi connectivity index (χ2v) is 11.4. The highest BCUT2D eigenvalue weighted by molar-refractivity contribution is 5.75. The predicted octanol–water partition coefficient (Wildman–Crippen LogP) is 8.68. The molecule has 0 bridgehead atoms. The van der Waals surface area contributed by atoms with E-state index in [4.69, 9.17) is 28.4 Å². The molecule has 0 aliphatic carbocycles. The molecule has 0 heterocycles. The minimum Gasteiger partial charge on any atom is -0.497 e. The highest BCUT2D eigenvalue weighted by atomic mass is 16.6. The van der Waals surface area contributed by atoms with Crippen LogP contribution in [0.15, 0.2) is 133 Å². The van der Waals surface area contributed by atoms with E-state index in [-0.39, 0.29) is 13.2 Å². The lowest BCUT2D eigenvalue weighted by Gasteiger charge is -2.20. The average molecular weight is 679 g/mol. The summed E-state index contributed by atoms with van der Waals surface area (Å²) in [6, 6.07) is 34.0. The number of methoxy groups -OCH3 is 2. The zero-order chi connectivity index (χ0) is 35.6. The van der Waals surface area contributed by atoms with Crippen molar-refractivity contribution in [2.75, 3.05) is 14.2 Å². The van der Waals surface area contributed by atoms with Gasteiger partial charge in [-0.15, -0.1) is 0 Å². The summed E-state index contributed by atoms with van der Waals surface area (Å²) in [7, 11) is 3.23. The zero-order valence-corrected chi connectivity index (χ0v) is 29.1. The van der Waals surface area contributed by atoms with Crippen LogP contribution in [0, 0.1) is 0 Å². The highest BCUT2D eigenvalue weighted by Crippen LogP contribution is 2.24. The van der Waals surface area contributed by atoms with E-state index in [1.54, 1.807) is 38.5 Å². The van der Waals surface area contributed by atoms with Gasteiger partial charge in [-0.2, -0.15) is 0 Å². The lowest BCUT2D eigenvalue weighted by Crippen LogP contribution is -2.27. The van der Waals surface area contributed by atoms with Crippen molar-refractivity contribution in [1.29, 1.82) is 0 Å². The van der Waals surface area contributed by atoms with Gasteiger partial charge in [0.2, 0.25) is 0 Å². The molecule has 0 radical (unpaired) electrons. The second-order valence-electron chi connectivity index (χ2n) is 11.4. The molecule has 4 aromatic carbocycles. The van der Waals surface area contributed by atoms with Crippen LogP contribution in [-0.4, -0.2) is 38.4 Å². The molecule has 0 aliphatic heterocycles. The third-order valence-electron chi connectivity index (χ3n) is 7.91. The van der Waals surface area contributed by atoms with Gasteiger partial charge in [0.15, 0.2) is 12.2 Å². The first-order valence-corrected chi connectivity index (χ1v) is 16.8. The van der Waals surface area contributed by atoms with E-state index in [0.29, 0.717) is 12.8 Å². The first-order chi connectivity index (χ1) is 24.4. The van der Waals surface area contributed by atoms with E-state index in [2.05, 4.69) is 0 Å². The molecule has 4 unspecified atom stereocenters. The molecular formula is C42H46O8. The molecule has 0 aliphatic rings. The van der Waals surface area contributed by atoms with E-state index in [1.165, 1.54) is 0 Å². The molecule has 0 saturated carbocycles. The van der Waals surface area contributed by atoms with Crippen molar-refractivity contribution in [3.63, 3.8) is 0 Å². The van der Waals surface area contributed by atoms with E-state index in [1.807, 2.05) is 123 Å². The molecule has 4 rings (SSSR count). The number of carbonyl (C=O) groups is 2. The van der Waals surface area contributed by atoms with Gasteiger partial charge in [-0.1, -0.05) is 111 Å². The van der Waals surface area contributed by atoms with Crippen LogP contribution < -0.4 is 9.47 Å². The van der Waals surface area contributed by atoms with Crippen molar-refractivity contribution in [2.45, 2.75) is 64.3 Å². The Labute approximate surface area is 295 Å². The highest BCUT2D eigenvalue weighted by Gasteiger charge is 2.24. The molecule has 0 spiro atoms. The Kier molecular flexibility index (Phi) is 15.3. The maximum atomic E-state index is 13.3.